The molecular formula is C21H25NO2. The van der Waals surface area contributed by atoms with Crippen molar-refractivity contribution in [1.29, 1.82) is 0 Å². The normalized spacial score (nSPS) is 14.5. The molecule has 1 aliphatic carbocycles. The van der Waals surface area contributed by atoms with Crippen LogP contribution in [0.1, 0.15) is 48.9 Å². The molecule has 0 unspecified atom stereocenters. The highest BCUT2D eigenvalue weighted by Crippen LogP contribution is 2.26. The fourth-order valence-corrected chi connectivity index (χ4v) is 3.29. The molecule has 1 N–H and O–H groups in total. The van der Waals surface area contributed by atoms with E-state index in [9.17, 15) is 4.79 Å². The van der Waals surface area contributed by atoms with Crippen molar-refractivity contribution < 1.29 is 9.53 Å². The third-order valence-electron chi connectivity index (χ3n) is 4.63. The summed E-state index contributed by atoms with van der Waals surface area (Å²) in [7, 11) is 0. The second kappa shape index (κ2) is 8.00. The standard InChI is InChI=1S/C21H25NO2/c1-2-20(18-13-12-16-8-6-7-9-17(16)14-18)22-21(23)15-24-19-10-4-3-5-11-19/h3-5,10-14,20H,2,6-9,15H2,1H3,(H,22,23)/t20-/m0/s1. The highest BCUT2D eigenvalue weighted by molar-refractivity contribution is 5.78. The predicted molar refractivity (Wildman–Crippen MR) is 96.2 cm³/mol. The van der Waals surface area contributed by atoms with E-state index in [2.05, 4.69) is 30.4 Å². The third-order valence-corrected chi connectivity index (χ3v) is 4.63. The van der Waals surface area contributed by atoms with E-state index in [0.717, 1.165) is 18.6 Å². The van der Waals surface area contributed by atoms with E-state index in [1.807, 2.05) is 30.3 Å². The first-order chi connectivity index (χ1) is 11.8. The number of aryl methyl sites for hydroxylation is 2. The fourth-order valence-electron chi connectivity index (χ4n) is 3.29. The predicted octanol–water partition coefficient (Wildman–Crippen LogP) is 4.21. The number of nitrogens with one attached hydrogen (secondary N) is 1. The van der Waals surface area contributed by atoms with Crippen molar-refractivity contribution in [1.82, 2.24) is 5.32 Å². The topological polar surface area (TPSA) is 38.3 Å². The number of amides is 1. The van der Waals surface area contributed by atoms with Gasteiger partial charge in [-0.15, -0.1) is 0 Å². The molecule has 0 heterocycles. The molecule has 0 saturated heterocycles. The summed E-state index contributed by atoms with van der Waals surface area (Å²) in [5, 5.41) is 3.10. The Morgan fingerprint density at radius 1 is 1.08 bits per heavy atom. The molecule has 0 aromatic heterocycles. The van der Waals surface area contributed by atoms with Crippen molar-refractivity contribution in [2.45, 2.75) is 45.1 Å². The highest BCUT2D eigenvalue weighted by atomic mass is 16.5. The number of ether oxygens (including phenoxy) is 1. The van der Waals surface area contributed by atoms with Crippen molar-refractivity contribution in [3.63, 3.8) is 0 Å². The molecule has 24 heavy (non-hydrogen) atoms. The number of fused-ring (bicyclic) bond motifs is 1. The lowest BCUT2D eigenvalue weighted by molar-refractivity contribution is -0.123. The van der Waals surface area contributed by atoms with Crippen molar-refractivity contribution in [3.05, 3.63) is 65.2 Å². The van der Waals surface area contributed by atoms with E-state index >= 15 is 0 Å². The zero-order valence-corrected chi connectivity index (χ0v) is 14.3. The summed E-state index contributed by atoms with van der Waals surface area (Å²) in [5.74, 6) is 0.637. The van der Waals surface area contributed by atoms with Crippen LogP contribution in [0.4, 0.5) is 0 Å². The highest BCUT2D eigenvalue weighted by Gasteiger charge is 2.16. The number of para-hydroxylation sites is 1. The van der Waals surface area contributed by atoms with E-state index in [-0.39, 0.29) is 18.6 Å². The summed E-state index contributed by atoms with van der Waals surface area (Å²) >= 11 is 0. The maximum Gasteiger partial charge on any atom is 0.258 e. The zero-order chi connectivity index (χ0) is 16.8. The van der Waals surface area contributed by atoms with Gasteiger partial charge in [0, 0.05) is 0 Å². The number of hydrogen-bond donors (Lipinski definition) is 1. The summed E-state index contributed by atoms with van der Waals surface area (Å²) in [6.07, 6.45) is 5.77. The van der Waals surface area contributed by atoms with Crippen LogP contribution in [0, 0.1) is 0 Å². The Hall–Kier alpha value is -2.29. The van der Waals surface area contributed by atoms with Gasteiger partial charge >= 0.3 is 0 Å². The van der Waals surface area contributed by atoms with Gasteiger partial charge in [-0.2, -0.15) is 0 Å². The fraction of sp³-hybridized carbons (Fsp3) is 0.381. The van der Waals surface area contributed by atoms with Crippen molar-refractivity contribution in [2.24, 2.45) is 0 Å². The molecule has 0 radical (unpaired) electrons. The SMILES string of the molecule is CC[C@H](NC(=O)COc1ccccc1)c1ccc2c(c1)CCCC2. The van der Waals surface area contributed by atoms with Crippen molar-refractivity contribution >= 4 is 5.91 Å². The maximum absolute atomic E-state index is 12.2. The Morgan fingerprint density at radius 3 is 2.58 bits per heavy atom. The Bertz CT molecular complexity index is 681. The molecule has 0 bridgehead atoms. The Kier molecular flexibility index (Phi) is 5.52. The molecule has 3 rings (SSSR count). The quantitative estimate of drug-likeness (QED) is 0.865. The van der Waals surface area contributed by atoms with Crippen LogP contribution in [0.25, 0.3) is 0 Å². The number of carbonyl (C=O) groups is 1. The van der Waals surface area contributed by atoms with Gasteiger partial charge in [-0.25, -0.2) is 0 Å². The minimum atomic E-state index is -0.0802. The van der Waals surface area contributed by atoms with Crippen molar-refractivity contribution in [2.75, 3.05) is 6.61 Å². The van der Waals surface area contributed by atoms with Crippen LogP contribution in [0.2, 0.25) is 0 Å². The van der Waals surface area contributed by atoms with E-state index in [1.165, 1.54) is 36.0 Å². The van der Waals surface area contributed by atoms with Crippen LogP contribution in [-0.2, 0) is 17.6 Å². The zero-order valence-electron chi connectivity index (χ0n) is 14.3. The molecule has 0 spiro atoms. The average Bonchev–Trinajstić information content (AvgIpc) is 2.65. The van der Waals surface area contributed by atoms with Gasteiger partial charge in [0.1, 0.15) is 5.75 Å². The molecule has 1 amide bonds. The second-order valence-corrected chi connectivity index (χ2v) is 6.37. The van der Waals surface area contributed by atoms with Gasteiger partial charge in [0.15, 0.2) is 6.61 Å². The summed E-state index contributed by atoms with van der Waals surface area (Å²) in [5.41, 5.74) is 4.12. The van der Waals surface area contributed by atoms with Gasteiger partial charge in [0.05, 0.1) is 6.04 Å². The minimum absolute atomic E-state index is 0.0455. The monoisotopic (exact) mass is 323 g/mol. The Balaban J connectivity index is 1.60. The molecular weight excluding hydrogens is 298 g/mol. The molecule has 0 saturated carbocycles. The van der Waals surface area contributed by atoms with Gasteiger partial charge in [-0.3, -0.25) is 4.79 Å². The van der Waals surface area contributed by atoms with E-state index < -0.39 is 0 Å². The average molecular weight is 323 g/mol. The minimum Gasteiger partial charge on any atom is -0.484 e. The van der Waals surface area contributed by atoms with Gasteiger partial charge in [0.2, 0.25) is 0 Å². The van der Waals surface area contributed by atoms with Gasteiger partial charge in [0.25, 0.3) is 5.91 Å². The molecule has 2 aromatic carbocycles. The van der Waals surface area contributed by atoms with Crippen LogP contribution in [0.15, 0.2) is 48.5 Å². The second-order valence-electron chi connectivity index (χ2n) is 6.37. The summed E-state index contributed by atoms with van der Waals surface area (Å²) in [6.45, 7) is 2.15. The molecule has 1 atom stereocenters. The lowest BCUT2D eigenvalue weighted by Gasteiger charge is -2.21. The molecule has 0 aliphatic heterocycles. The largest absolute Gasteiger partial charge is 0.484 e. The molecule has 2 aromatic rings. The number of rotatable bonds is 6. The molecule has 3 nitrogen and oxygen atoms in total. The van der Waals surface area contributed by atoms with Crippen LogP contribution in [0.3, 0.4) is 0 Å². The first-order valence-corrected chi connectivity index (χ1v) is 8.85. The lowest BCUT2D eigenvalue weighted by atomic mass is 9.89. The number of carbonyl (C=O) groups excluding carboxylic acids is 1. The van der Waals surface area contributed by atoms with Gasteiger partial charge < -0.3 is 10.1 Å². The molecule has 0 fully saturated rings. The number of hydrogen-bond acceptors (Lipinski definition) is 2. The number of benzene rings is 2. The molecule has 1 aliphatic rings. The first kappa shape index (κ1) is 16.6. The third kappa shape index (κ3) is 4.16. The van der Waals surface area contributed by atoms with Crippen LogP contribution >= 0.6 is 0 Å². The van der Waals surface area contributed by atoms with Gasteiger partial charge in [-0.1, -0.05) is 43.3 Å². The summed E-state index contributed by atoms with van der Waals surface area (Å²) < 4.78 is 5.53. The maximum atomic E-state index is 12.2. The van der Waals surface area contributed by atoms with Crippen LogP contribution in [-0.4, -0.2) is 12.5 Å². The molecule has 3 heteroatoms. The first-order valence-electron chi connectivity index (χ1n) is 8.85. The van der Waals surface area contributed by atoms with E-state index in [0.29, 0.717) is 0 Å². The Labute approximate surface area is 144 Å². The summed E-state index contributed by atoms with van der Waals surface area (Å²) in [6, 6.07) is 16.2. The lowest BCUT2D eigenvalue weighted by Crippen LogP contribution is -2.32. The molecule has 126 valence electrons. The smallest absolute Gasteiger partial charge is 0.258 e. The van der Waals surface area contributed by atoms with E-state index in [1.54, 1.807) is 0 Å². The summed E-state index contributed by atoms with van der Waals surface area (Å²) in [4.78, 5) is 12.2. The van der Waals surface area contributed by atoms with Crippen LogP contribution in [0.5, 0.6) is 5.75 Å². The Morgan fingerprint density at radius 2 is 1.83 bits per heavy atom. The van der Waals surface area contributed by atoms with Crippen LogP contribution < -0.4 is 10.1 Å². The van der Waals surface area contributed by atoms with Crippen molar-refractivity contribution in [3.8, 4) is 5.75 Å². The van der Waals surface area contributed by atoms with Gasteiger partial charge in [-0.05, 0) is 60.9 Å². The van der Waals surface area contributed by atoms with E-state index in [4.69, 9.17) is 4.74 Å².